The molecule has 6 nitrogen and oxygen atoms in total. The van der Waals surface area contributed by atoms with Crippen LogP contribution in [0.4, 0.5) is 17.5 Å². The summed E-state index contributed by atoms with van der Waals surface area (Å²) in [5.41, 5.74) is 5.69. The third-order valence-corrected chi connectivity index (χ3v) is 6.45. The number of hydrogen-bond acceptors (Lipinski definition) is 5. The van der Waals surface area contributed by atoms with Gasteiger partial charge >= 0.3 is 0 Å². The Morgan fingerprint density at radius 3 is 2.91 bits per heavy atom. The molecule has 0 radical (unpaired) electrons. The minimum atomic E-state index is 0.521. The fourth-order valence-electron chi connectivity index (χ4n) is 3.83. The minimum Gasteiger partial charge on any atom is -0.365 e. The number of nitrogens with zero attached hydrogens (tertiary/aromatic N) is 2. The Morgan fingerprint density at radius 2 is 2.06 bits per heavy atom. The number of aromatic nitrogens is 3. The van der Waals surface area contributed by atoms with Gasteiger partial charge in [0.2, 0.25) is 5.95 Å². The van der Waals surface area contributed by atoms with Gasteiger partial charge in [0, 0.05) is 52.7 Å². The van der Waals surface area contributed by atoms with Gasteiger partial charge in [-0.25, -0.2) is 4.98 Å². The third-order valence-electron chi connectivity index (χ3n) is 5.50. The average Bonchev–Trinajstić information content (AvgIpc) is 3.24. The first-order chi connectivity index (χ1) is 15.7. The van der Waals surface area contributed by atoms with Crippen molar-refractivity contribution in [3.63, 3.8) is 0 Å². The Kier molecular flexibility index (Phi) is 6.12. The SMILES string of the molecule is Clc1ccccc1CNc1nc(Nc2ccc3[nH]cc(C4=CCNCC4)c3c2)ncc1Br. The quantitative estimate of drug-likeness (QED) is 0.252. The van der Waals surface area contributed by atoms with Crippen LogP contribution in [-0.2, 0) is 6.54 Å². The van der Waals surface area contributed by atoms with E-state index in [1.54, 1.807) is 6.20 Å². The summed E-state index contributed by atoms with van der Waals surface area (Å²) in [6.45, 7) is 2.49. The van der Waals surface area contributed by atoms with Crippen LogP contribution >= 0.6 is 27.5 Å². The fraction of sp³-hybridized carbons (Fsp3) is 0.167. The van der Waals surface area contributed by atoms with Crippen LogP contribution in [0.3, 0.4) is 0 Å². The number of hydrogen-bond donors (Lipinski definition) is 4. The van der Waals surface area contributed by atoms with E-state index in [4.69, 9.17) is 11.6 Å². The van der Waals surface area contributed by atoms with Gasteiger partial charge in [0.1, 0.15) is 5.82 Å². The molecule has 0 spiro atoms. The molecule has 0 bridgehead atoms. The number of H-pyrrole nitrogens is 1. The number of fused-ring (bicyclic) bond motifs is 1. The average molecular weight is 510 g/mol. The molecule has 2 aromatic carbocycles. The van der Waals surface area contributed by atoms with Crippen molar-refractivity contribution in [2.24, 2.45) is 0 Å². The molecule has 0 unspecified atom stereocenters. The molecule has 0 amide bonds. The zero-order valence-corrected chi connectivity index (χ0v) is 19.6. The smallest absolute Gasteiger partial charge is 0.229 e. The van der Waals surface area contributed by atoms with Gasteiger partial charge in [-0.2, -0.15) is 4.98 Å². The Labute approximate surface area is 199 Å². The van der Waals surface area contributed by atoms with E-state index in [2.05, 4.69) is 71.2 Å². The highest BCUT2D eigenvalue weighted by molar-refractivity contribution is 9.10. The number of nitrogens with one attached hydrogen (secondary N) is 4. The van der Waals surface area contributed by atoms with Crippen LogP contribution in [0.5, 0.6) is 0 Å². The van der Waals surface area contributed by atoms with Gasteiger partial charge in [-0.1, -0.05) is 35.9 Å². The van der Waals surface area contributed by atoms with Crippen molar-refractivity contribution in [2.75, 3.05) is 23.7 Å². The number of halogens is 2. The van der Waals surface area contributed by atoms with Crippen molar-refractivity contribution in [3.05, 3.63) is 81.6 Å². The molecular weight excluding hydrogens is 488 g/mol. The van der Waals surface area contributed by atoms with Crippen LogP contribution in [0.2, 0.25) is 5.02 Å². The highest BCUT2D eigenvalue weighted by atomic mass is 79.9. The molecular formula is C24H22BrClN6. The molecule has 162 valence electrons. The van der Waals surface area contributed by atoms with Gasteiger partial charge in [0.05, 0.1) is 4.47 Å². The Hall–Kier alpha value is -2.87. The second-order valence-electron chi connectivity index (χ2n) is 7.61. The Morgan fingerprint density at radius 1 is 1.16 bits per heavy atom. The summed E-state index contributed by atoms with van der Waals surface area (Å²) in [5.74, 6) is 1.22. The molecule has 0 saturated carbocycles. The van der Waals surface area contributed by atoms with Crippen molar-refractivity contribution in [1.29, 1.82) is 0 Å². The summed E-state index contributed by atoms with van der Waals surface area (Å²) in [5, 5.41) is 12.0. The van der Waals surface area contributed by atoms with Crippen molar-refractivity contribution in [3.8, 4) is 0 Å². The molecule has 4 aromatic rings. The molecule has 8 heteroatoms. The first-order valence-electron chi connectivity index (χ1n) is 10.5. The third kappa shape index (κ3) is 4.50. The first-order valence-corrected chi connectivity index (χ1v) is 11.6. The second kappa shape index (κ2) is 9.32. The summed E-state index contributed by atoms with van der Waals surface area (Å²) >= 11 is 9.79. The number of rotatable bonds is 6. The summed E-state index contributed by atoms with van der Waals surface area (Å²) in [4.78, 5) is 12.4. The highest BCUT2D eigenvalue weighted by Gasteiger charge is 2.12. The standard InChI is InChI=1S/C24H22BrClN6/c25-20-14-30-24(32-23(20)29-12-16-3-1-2-4-21(16)26)31-17-5-6-22-18(11-17)19(13-28-22)15-7-9-27-10-8-15/h1-7,11,13-14,27-28H,8-10,12H2,(H2,29,30,31,32). The molecule has 2 aromatic heterocycles. The molecule has 4 N–H and O–H groups in total. The monoisotopic (exact) mass is 508 g/mol. The molecule has 0 aliphatic carbocycles. The van der Waals surface area contributed by atoms with Crippen LogP contribution in [0.15, 0.2) is 65.4 Å². The summed E-state index contributed by atoms with van der Waals surface area (Å²) < 4.78 is 0.788. The summed E-state index contributed by atoms with van der Waals surface area (Å²) in [7, 11) is 0. The van der Waals surface area contributed by atoms with Crippen LogP contribution in [0, 0.1) is 0 Å². The largest absolute Gasteiger partial charge is 0.365 e. The lowest BCUT2D eigenvalue weighted by Gasteiger charge is -2.14. The molecule has 5 rings (SSSR count). The molecule has 0 atom stereocenters. The molecule has 1 aliphatic rings. The molecule has 32 heavy (non-hydrogen) atoms. The molecule has 1 aliphatic heterocycles. The number of anilines is 3. The lowest BCUT2D eigenvalue weighted by atomic mass is 9.99. The highest BCUT2D eigenvalue weighted by Crippen LogP contribution is 2.31. The lowest BCUT2D eigenvalue weighted by molar-refractivity contribution is 0.739. The van der Waals surface area contributed by atoms with Crippen LogP contribution in [-0.4, -0.2) is 28.0 Å². The summed E-state index contributed by atoms with van der Waals surface area (Å²) in [6, 6.07) is 14.0. The van der Waals surface area contributed by atoms with Gasteiger partial charge in [-0.05, 0) is 64.3 Å². The number of benzene rings is 2. The van der Waals surface area contributed by atoms with E-state index < -0.39 is 0 Å². The van der Waals surface area contributed by atoms with Gasteiger partial charge in [0.25, 0.3) is 0 Å². The second-order valence-corrected chi connectivity index (χ2v) is 8.87. The van der Waals surface area contributed by atoms with Gasteiger partial charge in [-0.3, -0.25) is 0 Å². The van der Waals surface area contributed by atoms with E-state index >= 15 is 0 Å². The van der Waals surface area contributed by atoms with Crippen molar-refractivity contribution in [1.82, 2.24) is 20.3 Å². The summed E-state index contributed by atoms with van der Waals surface area (Å²) in [6.07, 6.45) is 7.13. The van der Waals surface area contributed by atoms with Crippen LogP contribution in [0.25, 0.3) is 16.5 Å². The van der Waals surface area contributed by atoms with Crippen molar-refractivity contribution < 1.29 is 0 Å². The maximum absolute atomic E-state index is 6.27. The van der Waals surface area contributed by atoms with E-state index in [1.165, 1.54) is 16.5 Å². The number of aromatic amines is 1. The van der Waals surface area contributed by atoms with Gasteiger partial charge < -0.3 is 20.9 Å². The zero-order valence-electron chi connectivity index (χ0n) is 17.3. The zero-order chi connectivity index (χ0) is 21.9. The predicted octanol–water partition coefficient (Wildman–Crippen LogP) is 6.11. The molecule has 3 heterocycles. The van der Waals surface area contributed by atoms with E-state index in [-0.39, 0.29) is 0 Å². The lowest BCUT2D eigenvalue weighted by Crippen LogP contribution is -2.19. The maximum Gasteiger partial charge on any atom is 0.229 e. The van der Waals surface area contributed by atoms with E-state index in [1.807, 2.05) is 30.3 Å². The van der Waals surface area contributed by atoms with E-state index in [0.717, 1.165) is 45.8 Å². The van der Waals surface area contributed by atoms with Crippen LogP contribution in [0.1, 0.15) is 17.5 Å². The maximum atomic E-state index is 6.27. The van der Waals surface area contributed by atoms with E-state index in [9.17, 15) is 0 Å². The van der Waals surface area contributed by atoms with E-state index in [0.29, 0.717) is 18.3 Å². The van der Waals surface area contributed by atoms with Crippen molar-refractivity contribution in [2.45, 2.75) is 13.0 Å². The Balaban J connectivity index is 1.37. The van der Waals surface area contributed by atoms with Crippen molar-refractivity contribution >= 4 is 61.5 Å². The van der Waals surface area contributed by atoms with Gasteiger partial charge in [-0.15, -0.1) is 0 Å². The Bertz CT molecular complexity index is 1300. The fourth-order valence-corrected chi connectivity index (χ4v) is 4.37. The van der Waals surface area contributed by atoms with Gasteiger partial charge in [0.15, 0.2) is 0 Å². The first kappa shape index (κ1) is 21.0. The van der Waals surface area contributed by atoms with Crippen LogP contribution < -0.4 is 16.0 Å². The normalized spacial score (nSPS) is 13.8. The molecule has 0 fully saturated rings. The molecule has 0 saturated heterocycles. The predicted molar refractivity (Wildman–Crippen MR) is 136 cm³/mol. The topological polar surface area (TPSA) is 77.7 Å². The minimum absolute atomic E-state index is 0.521.